The zero-order valence-electron chi connectivity index (χ0n) is 10.0. The van der Waals surface area contributed by atoms with E-state index in [0.29, 0.717) is 5.75 Å². The summed E-state index contributed by atoms with van der Waals surface area (Å²) in [5.74, 6) is 0.611. The number of benzene rings is 1. The Labute approximate surface area is 101 Å². The van der Waals surface area contributed by atoms with Crippen molar-refractivity contribution < 1.29 is 9.53 Å². The maximum atomic E-state index is 11.3. The molecule has 0 saturated carbocycles. The Morgan fingerprint density at radius 1 is 1.31 bits per heavy atom. The highest BCUT2D eigenvalue weighted by Crippen LogP contribution is 2.25. The van der Waals surface area contributed by atoms with E-state index in [9.17, 15) is 4.79 Å². The number of carbonyl (C=O) groups is 1. The van der Waals surface area contributed by atoms with E-state index in [1.54, 1.807) is 14.1 Å². The molecule has 0 atom stereocenters. The van der Waals surface area contributed by atoms with Gasteiger partial charge in [-0.2, -0.15) is 0 Å². The van der Waals surface area contributed by atoms with Crippen molar-refractivity contribution in [2.75, 3.05) is 20.7 Å². The summed E-state index contributed by atoms with van der Waals surface area (Å²) < 4.78 is 5.40. The fourth-order valence-electron chi connectivity index (χ4n) is 1.26. The van der Waals surface area contributed by atoms with Crippen molar-refractivity contribution in [1.82, 2.24) is 4.90 Å². The molecular formula is C12H16ClNO2. The molecule has 0 N–H and O–H groups in total. The summed E-state index contributed by atoms with van der Waals surface area (Å²) in [5.41, 5.74) is 1.91. The number of nitrogens with zero attached hydrogens (tertiary/aromatic N) is 1. The SMILES string of the molecule is Cc1cc(OCC(=O)N(C)C)cc(C)c1Cl. The molecule has 0 aliphatic rings. The monoisotopic (exact) mass is 241 g/mol. The average molecular weight is 242 g/mol. The molecule has 4 heteroatoms. The molecule has 1 aromatic carbocycles. The molecule has 0 radical (unpaired) electrons. The van der Waals surface area contributed by atoms with Crippen LogP contribution in [-0.4, -0.2) is 31.5 Å². The lowest BCUT2D eigenvalue weighted by Gasteiger charge is -2.12. The highest BCUT2D eigenvalue weighted by Gasteiger charge is 2.07. The van der Waals surface area contributed by atoms with Crippen LogP contribution >= 0.6 is 11.6 Å². The van der Waals surface area contributed by atoms with Crippen molar-refractivity contribution in [3.63, 3.8) is 0 Å². The van der Waals surface area contributed by atoms with Gasteiger partial charge in [-0.15, -0.1) is 0 Å². The average Bonchev–Trinajstić information content (AvgIpc) is 2.22. The van der Waals surface area contributed by atoms with Crippen LogP contribution in [0.3, 0.4) is 0 Å². The summed E-state index contributed by atoms with van der Waals surface area (Å²) >= 11 is 6.03. The molecule has 0 aliphatic carbocycles. The Kier molecular flexibility index (Phi) is 4.19. The molecule has 0 unspecified atom stereocenters. The minimum atomic E-state index is -0.0646. The van der Waals surface area contributed by atoms with E-state index < -0.39 is 0 Å². The minimum absolute atomic E-state index is 0.0491. The second kappa shape index (κ2) is 5.21. The molecule has 1 rings (SSSR count). The lowest BCUT2D eigenvalue weighted by Crippen LogP contribution is -2.27. The normalized spacial score (nSPS) is 10.1. The lowest BCUT2D eigenvalue weighted by molar-refractivity contribution is -0.130. The van der Waals surface area contributed by atoms with Crippen LogP contribution < -0.4 is 4.74 Å². The third kappa shape index (κ3) is 3.14. The van der Waals surface area contributed by atoms with Gasteiger partial charge in [-0.25, -0.2) is 0 Å². The first kappa shape index (κ1) is 12.8. The second-order valence-corrected chi connectivity index (χ2v) is 4.33. The number of carbonyl (C=O) groups excluding carboxylic acids is 1. The van der Waals surface area contributed by atoms with Crippen molar-refractivity contribution in [3.8, 4) is 5.75 Å². The van der Waals surface area contributed by atoms with Gasteiger partial charge in [-0.1, -0.05) is 11.6 Å². The molecule has 0 fully saturated rings. The molecule has 0 saturated heterocycles. The van der Waals surface area contributed by atoms with Gasteiger partial charge in [0.2, 0.25) is 0 Å². The van der Waals surface area contributed by atoms with E-state index >= 15 is 0 Å². The van der Waals surface area contributed by atoms with Crippen LogP contribution in [-0.2, 0) is 4.79 Å². The third-order valence-electron chi connectivity index (χ3n) is 2.27. The number of halogens is 1. The summed E-state index contributed by atoms with van der Waals surface area (Å²) in [4.78, 5) is 12.8. The quantitative estimate of drug-likeness (QED) is 0.814. The van der Waals surface area contributed by atoms with Crippen molar-refractivity contribution >= 4 is 17.5 Å². The second-order valence-electron chi connectivity index (χ2n) is 3.95. The summed E-state index contributed by atoms with van der Waals surface area (Å²) in [7, 11) is 3.40. The number of ether oxygens (including phenoxy) is 1. The largest absolute Gasteiger partial charge is 0.484 e. The first-order chi connectivity index (χ1) is 7.41. The molecular weight excluding hydrogens is 226 g/mol. The molecule has 0 aromatic heterocycles. The number of hydrogen-bond donors (Lipinski definition) is 0. The number of amides is 1. The van der Waals surface area contributed by atoms with Gasteiger partial charge < -0.3 is 9.64 Å². The third-order valence-corrected chi connectivity index (χ3v) is 2.87. The zero-order chi connectivity index (χ0) is 12.3. The molecule has 16 heavy (non-hydrogen) atoms. The first-order valence-corrected chi connectivity index (χ1v) is 5.39. The van der Waals surface area contributed by atoms with Gasteiger partial charge in [0.1, 0.15) is 5.75 Å². The van der Waals surface area contributed by atoms with Crippen LogP contribution in [0.2, 0.25) is 5.02 Å². The molecule has 88 valence electrons. The highest BCUT2D eigenvalue weighted by molar-refractivity contribution is 6.32. The van der Waals surface area contributed by atoms with Gasteiger partial charge in [0, 0.05) is 19.1 Å². The smallest absolute Gasteiger partial charge is 0.259 e. The summed E-state index contributed by atoms with van der Waals surface area (Å²) in [5, 5.41) is 0.742. The van der Waals surface area contributed by atoms with Crippen LogP contribution in [0.25, 0.3) is 0 Å². The number of likely N-dealkylation sites (N-methyl/N-ethyl adjacent to an activating group) is 1. The molecule has 1 amide bonds. The maximum Gasteiger partial charge on any atom is 0.259 e. The van der Waals surface area contributed by atoms with E-state index in [4.69, 9.17) is 16.3 Å². The van der Waals surface area contributed by atoms with Gasteiger partial charge in [-0.05, 0) is 37.1 Å². The number of aryl methyl sites for hydroxylation is 2. The fraction of sp³-hybridized carbons (Fsp3) is 0.417. The van der Waals surface area contributed by atoms with Crippen LogP contribution in [0.5, 0.6) is 5.75 Å². The van der Waals surface area contributed by atoms with Crippen LogP contribution in [0, 0.1) is 13.8 Å². The molecule has 0 bridgehead atoms. The predicted octanol–water partition coefficient (Wildman–Crippen LogP) is 2.42. The van der Waals surface area contributed by atoms with E-state index in [1.165, 1.54) is 4.90 Å². The zero-order valence-corrected chi connectivity index (χ0v) is 10.8. The molecule has 1 aromatic rings. The molecule has 3 nitrogen and oxygen atoms in total. The highest BCUT2D eigenvalue weighted by atomic mass is 35.5. The van der Waals surface area contributed by atoms with Gasteiger partial charge in [0.15, 0.2) is 6.61 Å². The van der Waals surface area contributed by atoms with E-state index in [0.717, 1.165) is 16.1 Å². The lowest BCUT2D eigenvalue weighted by atomic mass is 10.1. The van der Waals surface area contributed by atoms with Crippen molar-refractivity contribution in [2.45, 2.75) is 13.8 Å². The van der Waals surface area contributed by atoms with Crippen LogP contribution in [0.15, 0.2) is 12.1 Å². The van der Waals surface area contributed by atoms with E-state index in [1.807, 2.05) is 26.0 Å². The molecule has 0 heterocycles. The van der Waals surface area contributed by atoms with Crippen molar-refractivity contribution in [2.24, 2.45) is 0 Å². The van der Waals surface area contributed by atoms with E-state index in [2.05, 4.69) is 0 Å². The van der Waals surface area contributed by atoms with Crippen LogP contribution in [0.1, 0.15) is 11.1 Å². The van der Waals surface area contributed by atoms with Crippen molar-refractivity contribution in [3.05, 3.63) is 28.3 Å². The van der Waals surface area contributed by atoms with Crippen molar-refractivity contribution in [1.29, 1.82) is 0 Å². The predicted molar refractivity (Wildman–Crippen MR) is 65.1 cm³/mol. The minimum Gasteiger partial charge on any atom is -0.484 e. The Morgan fingerprint density at radius 2 is 1.81 bits per heavy atom. The Morgan fingerprint density at radius 3 is 2.25 bits per heavy atom. The van der Waals surface area contributed by atoms with Gasteiger partial charge in [0.25, 0.3) is 5.91 Å². The molecule has 0 aliphatic heterocycles. The van der Waals surface area contributed by atoms with Gasteiger partial charge >= 0.3 is 0 Å². The Balaban J connectivity index is 2.72. The standard InChI is InChI=1S/C12H16ClNO2/c1-8-5-10(6-9(2)12(8)13)16-7-11(15)14(3)4/h5-6H,7H2,1-4H3. The summed E-state index contributed by atoms with van der Waals surface area (Å²) in [6.45, 7) is 3.87. The first-order valence-electron chi connectivity index (χ1n) is 5.01. The number of rotatable bonds is 3. The van der Waals surface area contributed by atoms with Crippen LogP contribution in [0.4, 0.5) is 0 Å². The maximum absolute atomic E-state index is 11.3. The Bertz CT molecular complexity index is 379. The summed E-state index contributed by atoms with van der Waals surface area (Å²) in [6, 6.07) is 3.66. The fourth-order valence-corrected chi connectivity index (χ4v) is 1.37. The van der Waals surface area contributed by atoms with Gasteiger partial charge in [-0.3, -0.25) is 4.79 Å². The summed E-state index contributed by atoms with van der Waals surface area (Å²) in [6.07, 6.45) is 0. The van der Waals surface area contributed by atoms with Gasteiger partial charge in [0.05, 0.1) is 0 Å². The topological polar surface area (TPSA) is 29.5 Å². The van der Waals surface area contributed by atoms with E-state index in [-0.39, 0.29) is 12.5 Å². The number of hydrogen-bond acceptors (Lipinski definition) is 2. The Hall–Kier alpha value is -1.22. The molecule has 0 spiro atoms.